The third-order valence-corrected chi connectivity index (χ3v) is 4.67. The molecule has 0 spiro atoms. The second-order valence-corrected chi connectivity index (χ2v) is 5.95. The monoisotopic (exact) mass is 285 g/mol. The lowest BCUT2D eigenvalue weighted by atomic mass is 10.1. The van der Waals surface area contributed by atoms with Crippen LogP contribution in [-0.4, -0.2) is 24.3 Å². The maximum absolute atomic E-state index is 11.3. The van der Waals surface area contributed by atoms with Gasteiger partial charge in [0.15, 0.2) is 0 Å². The Labute approximate surface area is 117 Å². The first-order valence-corrected chi connectivity index (χ1v) is 6.99. The zero-order valence-corrected chi connectivity index (χ0v) is 11.6. The standard InChI is InChI=1S/C13H15NO2S.ClH/c15-13-12-2-1-11(7-9(12)8-16-13)17-10-3-5-14-6-4-10;/h1-2,7,10,14H,3-6,8H2;1H. The SMILES string of the molecule is O=C1OCc2cc(SC3CC[NH2+]CC3)ccc21.[Cl-]. The van der Waals surface area contributed by atoms with Gasteiger partial charge in [0.05, 0.1) is 18.7 Å². The van der Waals surface area contributed by atoms with E-state index < -0.39 is 0 Å². The Kier molecular flexibility index (Phi) is 4.54. The predicted molar refractivity (Wildman–Crippen MR) is 66.1 cm³/mol. The molecule has 0 radical (unpaired) electrons. The molecule has 2 aliphatic rings. The van der Waals surface area contributed by atoms with Gasteiger partial charge in [0.1, 0.15) is 6.61 Å². The summed E-state index contributed by atoms with van der Waals surface area (Å²) < 4.78 is 5.02. The third-order valence-electron chi connectivity index (χ3n) is 3.34. The minimum atomic E-state index is -0.177. The number of benzene rings is 1. The molecule has 1 aromatic rings. The van der Waals surface area contributed by atoms with Crippen LogP contribution in [0.25, 0.3) is 0 Å². The summed E-state index contributed by atoms with van der Waals surface area (Å²) in [5, 5.41) is 3.11. The van der Waals surface area contributed by atoms with Crippen LogP contribution in [0.5, 0.6) is 0 Å². The number of quaternary nitrogens is 1. The van der Waals surface area contributed by atoms with E-state index in [0.717, 1.165) is 16.4 Å². The van der Waals surface area contributed by atoms with E-state index in [9.17, 15) is 4.79 Å². The molecule has 18 heavy (non-hydrogen) atoms. The molecule has 0 atom stereocenters. The molecule has 98 valence electrons. The van der Waals surface area contributed by atoms with Crippen LogP contribution in [0.4, 0.5) is 0 Å². The zero-order valence-electron chi connectivity index (χ0n) is 10.0. The van der Waals surface area contributed by atoms with Crippen molar-refractivity contribution in [2.75, 3.05) is 13.1 Å². The van der Waals surface area contributed by atoms with E-state index in [1.807, 2.05) is 17.8 Å². The summed E-state index contributed by atoms with van der Waals surface area (Å²) in [5.74, 6) is -0.177. The van der Waals surface area contributed by atoms with Crippen molar-refractivity contribution < 1.29 is 27.3 Å². The second-order valence-electron chi connectivity index (χ2n) is 4.58. The fourth-order valence-electron chi connectivity index (χ4n) is 2.39. The van der Waals surface area contributed by atoms with Gasteiger partial charge < -0.3 is 22.5 Å². The van der Waals surface area contributed by atoms with Crippen LogP contribution in [-0.2, 0) is 11.3 Å². The normalized spacial score (nSPS) is 19.0. The van der Waals surface area contributed by atoms with Crippen LogP contribution >= 0.6 is 11.8 Å². The van der Waals surface area contributed by atoms with E-state index in [0.29, 0.717) is 6.61 Å². The fourth-order valence-corrected chi connectivity index (χ4v) is 3.64. The summed E-state index contributed by atoms with van der Waals surface area (Å²) in [5.41, 5.74) is 1.79. The van der Waals surface area contributed by atoms with E-state index in [4.69, 9.17) is 4.74 Å². The number of ether oxygens (including phenoxy) is 1. The lowest BCUT2D eigenvalue weighted by Gasteiger charge is -2.19. The minimum absolute atomic E-state index is 0. The smallest absolute Gasteiger partial charge is 0.338 e. The van der Waals surface area contributed by atoms with Gasteiger partial charge in [-0.25, -0.2) is 4.79 Å². The van der Waals surface area contributed by atoms with Crippen molar-refractivity contribution in [2.24, 2.45) is 0 Å². The van der Waals surface area contributed by atoms with Crippen molar-refractivity contribution in [3.8, 4) is 0 Å². The summed E-state index contributed by atoms with van der Waals surface area (Å²) >= 11 is 1.94. The Morgan fingerprint density at radius 3 is 2.83 bits per heavy atom. The van der Waals surface area contributed by atoms with Gasteiger partial charge in [-0.3, -0.25) is 0 Å². The van der Waals surface area contributed by atoms with Crippen molar-refractivity contribution in [1.82, 2.24) is 0 Å². The lowest BCUT2D eigenvalue weighted by Crippen LogP contribution is -3.00. The molecule has 0 bridgehead atoms. The Balaban J connectivity index is 0.00000120. The number of carbonyl (C=O) groups excluding carboxylic acids is 1. The number of rotatable bonds is 2. The summed E-state index contributed by atoms with van der Waals surface area (Å²) in [4.78, 5) is 12.6. The highest BCUT2D eigenvalue weighted by Crippen LogP contribution is 2.31. The number of nitrogens with two attached hydrogens (primary N) is 1. The maximum atomic E-state index is 11.3. The molecule has 1 fully saturated rings. The number of hydrogen-bond acceptors (Lipinski definition) is 3. The molecule has 2 aliphatic heterocycles. The molecule has 1 aromatic carbocycles. The highest BCUT2D eigenvalue weighted by atomic mass is 35.5. The molecule has 0 aliphatic carbocycles. The molecule has 5 heteroatoms. The first-order valence-electron chi connectivity index (χ1n) is 6.11. The van der Waals surface area contributed by atoms with Crippen LogP contribution in [0.3, 0.4) is 0 Å². The number of piperidine rings is 1. The number of fused-ring (bicyclic) bond motifs is 1. The van der Waals surface area contributed by atoms with Crippen molar-refractivity contribution in [3.63, 3.8) is 0 Å². The van der Waals surface area contributed by atoms with Crippen LogP contribution < -0.4 is 17.7 Å². The van der Waals surface area contributed by atoms with Gasteiger partial charge in [0.2, 0.25) is 0 Å². The van der Waals surface area contributed by atoms with Gasteiger partial charge in [-0.2, -0.15) is 0 Å². The quantitative estimate of drug-likeness (QED) is 0.651. The average Bonchev–Trinajstić information content (AvgIpc) is 2.72. The van der Waals surface area contributed by atoms with E-state index in [1.165, 1.54) is 30.8 Å². The number of esters is 1. The number of cyclic esters (lactones) is 1. The first kappa shape index (κ1) is 13.7. The van der Waals surface area contributed by atoms with Crippen LogP contribution in [0.2, 0.25) is 0 Å². The summed E-state index contributed by atoms with van der Waals surface area (Å²) in [7, 11) is 0. The van der Waals surface area contributed by atoms with Gasteiger partial charge in [-0.15, -0.1) is 11.8 Å². The number of hydrogen-bond donors (Lipinski definition) is 1. The third kappa shape index (κ3) is 2.82. The van der Waals surface area contributed by atoms with Crippen molar-refractivity contribution in [2.45, 2.75) is 29.6 Å². The van der Waals surface area contributed by atoms with Gasteiger partial charge in [0, 0.05) is 28.6 Å². The Bertz CT molecular complexity index is 447. The lowest BCUT2D eigenvalue weighted by molar-refractivity contribution is -0.661. The highest BCUT2D eigenvalue weighted by Gasteiger charge is 2.22. The zero-order chi connectivity index (χ0) is 11.7. The second kappa shape index (κ2) is 5.95. The summed E-state index contributed by atoms with van der Waals surface area (Å²) in [6.07, 6.45) is 2.55. The average molecular weight is 286 g/mol. The Hall–Kier alpha value is -0.710. The molecule has 2 heterocycles. The fraction of sp³-hybridized carbons (Fsp3) is 0.462. The van der Waals surface area contributed by atoms with Gasteiger partial charge in [-0.1, -0.05) is 0 Å². The first-order chi connectivity index (χ1) is 8.33. The molecular weight excluding hydrogens is 270 g/mol. The number of halogens is 1. The van der Waals surface area contributed by atoms with Crippen LogP contribution in [0.15, 0.2) is 23.1 Å². The summed E-state index contributed by atoms with van der Waals surface area (Å²) in [6.45, 7) is 2.93. The number of carbonyl (C=O) groups is 1. The summed E-state index contributed by atoms with van der Waals surface area (Å²) in [6, 6.07) is 6.07. The maximum Gasteiger partial charge on any atom is 0.338 e. The number of thioether (sulfide) groups is 1. The molecule has 3 nitrogen and oxygen atoms in total. The van der Waals surface area contributed by atoms with E-state index >= 15 is 0 Å². The molecular formula is C13H16ClNO2S. The molecule has 3 rings (SSSR count). The van der Waals surface area contributed by atoms with Crippen molar-refractivity contribution in [1.29, 1.82) is 0 Å². The molecule has 0 saturated carbocycles. The predicted octanol–water partition coefficient (Wildman–Crippen LogP) is -1.82. The van der Waals surface area contributed by atoms with Crippen LogP contribution in [0, 0.1) is 0 Å². The Morgan fingerprint density at radius 1 is 1.28 bits per heavy atom. The molecule has 0 aromatic heterocycles. The van der Waals surface area contributed by atoms with E-state index in [-0.39, 0.29) is 18.4 Å². The molecule has 0 unspecified atom stereocenters. The molecule has 0 amide bonds. The highest BCUT2D eigenvalue weighted by molar-refractivity contribution is 8.00. The van der Waals surface area contributed by atoms with Crippen molar-refractivity contribution >= 4 is 17.7 Å². The van der Waals surface area contributed by atoms with Gasteiger partial charge in [-0.05, 0) is 18.2 Å². The van der Waals surface area contributed by atoms with Gasteiger partial charge in [0.25, 0.3) is 0 Å². The largest absolute Gasteiger partial charge is 1.00 e. The molecule has 2 N–H and O–H groups in total. The Morgan fingerprint density at radius 2 is 2.06 bits per heavy atom. The van der Waals surface area contributed by atoms with Crippen LogP contribution in [0.1, 0.15) is 28.8 Å². The topological polar surface area (TPSA) is 42.9 Å². The van der Waals surface area contributed by atoms with E-state index in [1.54, 1.807) is 0 Å². The molecule has 1 saturated heterocycles. The van der Waals surface area contributed by atoms with Crippen molar-refractivity contribution in [3.05, 3.63) is 29.3 Å². The van der Waals surface area contributed by atoms with Gasteiger partial charge >= 0.3 is 5.97 Å². The van der Waals surface area contributed by atoms with E-state index in [2.05, 4.69) is 17.4 Å². The minimum Gasteiger partial charge on any atom is -1.00 e.